The van der Waals surface area contributed by atoms with Crippen molar-refractivity contribution < 1.29 is 18.4 Å². The molecule has 0 radical (unpaired) electrons. The maximum atomic E-state index is 13.7. The lowest BCUT2D eigenvalue weighted by molar-refractivity contribution is -0.131. The molecule has 0 bridgehead atoms. The first-order valence-electron chi connectivity index (χ1n) is 12.7. The number of carbonyl (C=O) groups excluding carboxylic acids is 2. The van der Waals surface area contributed by atoms with Crippen molar-refractivity contribution in [2.45, 2.75) is 52.5 Å². The second kappa shape index (κ2) is 10.3. The first kappa shape index (κ1) is 26.0. The van der Waals surface area contributed by atoms with Gasteiger partial charge in [0.1, 0.15) is 11.5 Å². The molecular weight excluding hydrogens is 508 g/mol. The van der Waals surface area contributed by atoms with Gasteiger partial charge in [0.25, 0.3) is 12.3 Å². The van der Waals surface area contributed by atoms with E-state index < -0.39 is 18.0 Å². The minimum Gasteiger partial charge on any atom is -0.341 e. The summed E-state index contributed by atoms with van der Waals surface area (Å²) in [6.45, 7) is 4.71. The summed E-state index contributed by atoms with van der Waals surface area (Å²) < 4.78 is 29.6. The summed E-state index contributed by atoms with van der Waals surface area (Å²) in [4.78, 5) is 29.8. The lowest BCUT2D eigenvalue weighted by atomic mass is 9.66. The van der Waals surface area contributed by atoms with E-state index in [0.29, 0.717) is 16.3 Å². The topological polar surface area (TPSA) is 64.0 Å². The molecule has 0 unspecified atom stereocenters. The zero-order chi connectivity index (χ0) is 27.0. The van der Waals surface area contributed by atoms with Gasteiger partial charge in [-0.1, -0.05) is 37.1 Å². The van der Waals surface area contributed by atoms with Gasteiger partial charge in [0.05, 0.1) is 5.56 Å². The lowest BCUT2D eigenvalue weighted by Gasteiger charge is -2.36. The number of nitrogens with one attached hydrogen (secondary N) is 1. The van der Waals surface area contributed by atoms with Crippen molar-refractivity contribution in [3.8, 4) is 11.3 Å². The molecule has 0 saturated heterocycles. The average Bonchev–Trinajstić information content (AvgIpc) is 3.25. The van der Waals surface area contributed by atoms with E-state index in [9.17, 15) is 18.4 Å². The maximum absolute atomic E-state index is 13.7. The Morgan fingerprint density at radius 3 is 2.47 bits per heavy atom. The molecule has 0 atom stereocenters. The molecule has 2 heterocycles. The Balaban J connectivity index is 1.43. The fraction of sp³-hybridized carbons (Fsp3) is 0.300. The van der Waals surface area contributed by atoms with Crippen LogP contribution in [0, 0.1) is 5.41 Å². The van der Waals surface area contributed by atoms with Crippen molar-refractivity contribution in [3.63, 3.8) is 0 Å². The van der Waals surface area contributed by atoms with Gasteiger partial charge < -0.3 is 9.88 Å². The first-order chi connectivity index (χ1) is 18.2. The highest BCUT2D eigenvalue weighted by molar-refractivity contribution is 6.30. The predicted molar refractivity (Wildman–Crippen MR) is 146 cm³/mol. The zero-order valence-corrected chi connectivity index (χ0v) is 22.0. The summed E-state index contributed by atoms with van der Waals surface area (Å²) in [6.07, 6.45) is 1.07. The fourth-order valence-electron chi connectivity index (χ4n) is 5.10. The number of Topliss-reactive ketones (excluding diaryl/α,β-unsaturated/α-hetero) is 1. The summed E-state index contributed by atoms with van der Waals surface area (Å²) in [5.74, 6) is -0.645. The van der Waals surface area contributed by atoms with Crippen LogP contribution >= 0.6 is 11.6 Å². The summed E-state index contributed by atoms with van der Waals surface area (Å²) in [6, 6.07) is 16.4. The number of rotatable bonds is 8. The number of halogens is 3. The van der Waals surface area contributed by atoms with E-state index in [1.807, 2.05) is 49.4 Å². The van der Waals surface area contributed by atoms with Gasteiger partial charge in [-0.05, 0) is 73.4 Å². The van der Waals surface area contributed by atoms with Crippen molar-refractivity contribution in [1.29, 1.82) is 0 Å². The Morgan fingerprint density at radius 2 is 1.84 bits per heavy atom. The van der Waals surface area contributed by atoms with E-state index in [1.54, 1.807) is 6.07 Å². The molecule has 8 heteroatoms. The average molecular weight is 536 g/mol. The normalized spacial score (nSPS) is 14.5. The van der Waals surface area contributed by atoms with Crippen LogP contribution in [-0.2, 0) is 17.8 Å². The van der Waals surface area contributed by atoms with E-state index in [0.717, 1.165) is 48.0 Å². The van der Waals surface area contributed by atoms with Crippen LogP contribution in [-0.4, -0.2) is 21.2 Å². The van der Waals surface area contributed by atoms with Crippen molar-refractivity contribution in [2.24, 2.45) is 5.41 Å². The van der Waals surface area contributed by atoms with Crippen LogP contribution in [0.4, 0.5) is 14.5 Å². The zero-order valence-electron chi connectivity index (χ0n) is 21.2. The van der Waals surface area contributed by atoms with Crippen LogP contribution in [0.1, 0.15) is 61.2 Å². The third-order valence-electron chi connectivity index (χ3n) is 7.54. The number of fused-ring (bicyclic) bond motifs is 1. The van der Waals surface area contributed by atoms with Crippen LogP contribution in [0.25, 0.3) is 22.2 Å². The van der Waals surface area contributed by atoms with Crippen LogP contribution in [0.15, 0.2) is 60.8 Å². The van der Waals surface area contributed by atoms with Gasteiger partial charge in [-0.3, -0.25) is 14.6 Å². The number of hydrogen-bond donors (Lipinski definition) is 1. The van der Waals surface area contributed by atoms with Gasteiger partial charge in [-0.2, -0.15) is 0 Å². The number of nitrogens with zero attached hydrogens (tertiary/aromatic N) is 2. The van der Waals surface area contributed by atoms with E-state index >= 15 is 0 Å². The number of carbonyl (C=O) groups is 2. The van der Waals surface area contributed by atoms with E-state index in [4.69, 9.17) is 11.6 Å². The van der Waals surface area contributed by atoms with Crippen molar-refractivity contribution in [3.05, 3.63) is 82.6 Å². The second-order valence-electron chi connectivity index (χ2n) is 10.1. The third kappa shape index (κ3) is 4.95. The monoisotopic (exact) mass is 535 g/mol. The number of amides is 1. The SMILES string of the molecule is CCn1c(-c2ccc(Cl)cc2)cc2cc(NC(=O)c3cc(CC(=O)C4(C)CCC4)cnc3C(F)F)ccc21. The molecule has 1 fully saturated rings. The molecular formula is C30H28ClF2N3O2. The minimum atomic E-state index is -2.92. The van der Waals surface area contributed by atoms with Gasteiger partial charge >= 0.3 is 0 Å². The Hall–Kier alpha value is -3.58. The quantitative estimate of drug-likeness (QED) is 0.250. The van der Waals surface area contributed by atoms with Gasteiger partial charge in [-0.15, -0.1) is 0 Å². The molecule has 1 aliphatic carbocycles. The number of hydrogen-bond acceptors (Lipinski definition) is 3. The number of aromatic nitrogens is 2. The number of ketones is 1. The molecule has 1 saturated carbocycles. The van der Waals surface area contributed by atoms with Crippen molar-refractivity contribution in [2.75, 3.05) is 5.32 Å². The second-order valence-corrected chi connectivity index (χ2v) is 10.5. The van der Waals surface area contributed by atoms with E-state index in [2.05, 4.69) is 21.8 Å². The summed E-state index contributed by atoms with van der Waals surface area (Å²) in [5, 5.41) is 4.30. The molecule has 38 heavy (non-hydrogen) atoms. The molecule has 2 aromatic heterocycles. The highest BCUT2D eigenvalue weighted by Crippen LogP contribution is 2.42. The van der Waals surface area contributed by atoms with Gasteiger partial charge in [0.2, 0.25) is 0 Å². The Morgan fingerprint density at radius 1 is 1.11 bits per heavy atom. The highest BCUT2D eigenvalue weighted by Gasteiger charge is 2.38. The Kier molecular flexibility index (Phi) is 7.05. The molecule has 196 valence electrons. The minimum absolute atomic E-state index is 0.0454. The highest BCUT2D eigenvalue weighted by atomic mass is 35.5. The van der Waals surface area contributed by atoms with Gasteiger partial charge in [-0.25, -0.2) is 8.78 Å². The summed E-state index contributed by atoms with van der Waals surface area (Å²) >= 11 is 6.05. The standard InChI is InChI=1S/C30H28ClF2N3O2/c1-3-36-24-10-9-22(15-20(24)16-25(36)19-5-7-21(31)8-6-19)35-29(38)23-13-18(17-34-27(23)28(32)33)14-26(37)30(2)11-4-12-30/h5-10,13,15-17,28H,3-4,11-12,14H2,1-2H3,(H,35,38). The molecule has 1 N–H and O–H groups in total. The Bertz CT molecular complexity index is 1520. The smallest absolute Gasteiger partial charge is 0.281 e. The molecule has 0 aliphatic heterocycles. The fourth-order valence-corrected chi connectivity index (χ4v) is 5.23. The molecule has 1 amide bonds. The summed E-state index contributed by atoms with van der Waals surface area (Å²) in [7, 11) is 0. The molecule has 5 rings (SSSR count). The predicted octanol–water partition coefficient (Wildman–Crippen LogP) is 7.87. The van der Waals surface area contributed by atoms with E-state index in [1.165, 1.54) is 12.3 Å². The van der Waals surface area contributed by atoms with Gasteiger partial charge in [0.15, 0.2) is 0 Å². The Labute approximate surface area is 224 Å². The molecule has 1 aliphatic rings. The van der Waals surface area contributed by atoms with Crippen LogP contribution in [0.5, 0.6) is 0 Å². The molecule has 4 aromatic rings. The van der Waals surface area contributed by atoms with Crippen molar-refractivity contribution in [1.82, 2.24) is 9.55 Å². The lowest BCUT2D eigenvalue weighted by Crippen LogP contribution is -2.36. The number of pyridine rings is 1. The maximum Gasteiger partial charge on any atom is 0.281 e. The van der Waals surface area contributed by atoms with Gasteiger partial charge in [0, 0.05) is 51.9 Å². The number of alkyl halides is 2. The number of anilines is 1. The van der Waals surface area contributed by atoms with Crippen LogP contribution in [0.3, 0.4) is 0 Å². The largest absolute Gasteiger partial charge is 0.341 e. The summed E-state index contributed by atoms with van der Waals surface area (Å²) in [5.41, 5.74) is 2.73. The molecule has 0 spiro atoms. The van der Waals surface area contributed by atoms with Crippen LogP contribution < -0.4 is 5.32 Å². The first-order valence-corrected chi connectivity index (χ1v) is 13.1. The number of benzene rings is 2. The third-order valence-corrected chi connectivity index (χ3v) is 7.79. The number of aryl methyl sites for hydroxylation is 1. The molecule has 2 aromatic carbocycles. The van der Waals surface area contributed by atoms with E-state index in [-0.39, 0.29) is 23.2 Å². The molecule has 5 nitrogen and oxygen atoms in total. The van der Waals surface area contributed by atoms with Crippen LogP contribution in [0.2, 0.25) is 5.02 Å². The van der Waals surface area contributed by atoms with Crippen molar-refractivity contribution >= 4 is 39.9 Å².